The summed E-state index contributed by atoms with van der Waals surface area (Å²) >= 11 is 5.93. The zero-order chi connectivity index (χ0) is 11.1. The first kappa shape index (κ1) is 12.0. The highest BCUT2D eigenvalue weighted by Gasteiger charge is 2.02. The van der Waals surface area contributed by atoms with Gasteiger partial charge in [-0.15, -0.1) is 0 Å². The first-order chi connectivity index (χ1) is 7.24. The Hall–Kier alpha value is -1.06. The van der Waals surface area contributed by atoms with Crippen LogP contribution in [-0.2, 0) is 16.1 Å². The van der Waals surface area contributed by atoms with Crippen LogP contribution in [0.25, 0.3) is 0 Å². The van der Waals surface area contributed by atoms with Gasteiger partial charge in [-0.3, -0.25) is 4.79 Å². The number of amides is 1. The molecular formula is C11H14ClNO2. The standard InChI is InChI=1S/C11H14ClNO2/c1-2-15-8-11(14)13-7-9-5-3-4-6-10(9)12/h3-6H,2,7-8H2,1H3,(H,13,14). The van der Waals surface area contributed by atoms with Crippen molar-refractivity contribution in [3.8, 4) is 0 Å². The van der Waals surface area contributed by atoms with E-state index in [1.807, 2.05) is 25.1 Å². The minimum absolute atomic E-state index is 0.0982. The van der Waals surface area contributed by atoms with Crippen LogP contribution in [0.1, 0.15) is 12.5 Å². The molecule has 82 valence electrons. The summed E-state index contributed by atoms with van der Waals surface area (Å²) in [6, 6.07) is 7.42. The Bertz CT molecular complexity index is 328. The molecule has 0 unspecified atom stereocenters. The topological polar surface area (TPSA) is 38.3 Å². The molecule has 0 aliphatic rings. The maximum atomic E-state index is 11.2. The van der Waals surface area contributed by atoms with E-state index in [0.29, 0.717) is 18.2 Å². The smallest absolute Gasteiger partial charge is 0.246 e. The van der Waals surface area contributed by atoms with Crippen molar-refractivity contribution in [2.24, 2.45) is 0 Å². The number of halogens is 1. The van der Waals surface area contributed by atoms with Crippen molar-refractivity contribution >= 4 is 17.5 Å². The summed E-state index contributed by atoms with van der Waals surface area (Å²) < 4.78 is 4.97. The van der Waals surface area contributed by atoms with Gasteiger partial charge in [0.1, 0.15) is 6.61 Å². The van der Waals surface area contributed by atoms with Crippen molar-refractivity contribution in [3.63, 3.8) is 0 Å². The first-order valence-corrected chi connectivity index (χ1v) is 5.19. The van der Waals surface area contributed by atoms with Crippen LogP contribution in [0.4, 0.5) is 0 Å². The van der Waals surface area contributed by atoms with Crippen LogP contribution in [0, 0.1) is 0 Å². The van der Waals surface area contributed by atoms with E-state index in [0.717, 1.165) is 5.56 Å². The van der Waals surface area contributed by atoms with Crippen molar-refractivity contribution in [2.45, 2.75) is 13.5 Å². The van der Waals surface area contributed by atoms with E-state index in [4.69, 9.17) is 16.3 Å². The van der Waals surface area contributed by atoms with E-state index in [1.54, 1.807) is 6.07 Å². The van der Waals surface area contributed by atoms with E-state index in [1.165, 1.54) is 0 Å². The highest BCUT2D eigenvalue weighted by Crippen LogP contribution is 2.13. The van der Waals surface area contributed by atoms with Gasteiger partial charge in [0.15, 0.2) is 0 Å². The molecule has 1 amide bonds. The molecule has 0 aliphatic carbocycles. The van der Waals surface area contributed by atoms with Gasteiger partial charge in [0, 0.05) is 18.2 Å². The predicted molar refractivity (Wildman–Crippen MR) is 59.8 cm³/mol. The summed E-state index contributed by atoms with van der Waals surface area (Å²) in [6.45, 7) is 2.92. The lowest BCUT2D eigenvalue weighted by Gasteiger charge is -2.06. The van der Waals surface area contributed by atoms with Crippen LogP contribution < -0.4 is 5.32 Å². The fourth-order valence-electron chi connectivity index (χ4n) is 1.08. The summed E-state index contributed by atoms with van der Waals surface area (Å²) in [5.41, 5.74) is 0.906. The Morgan fingerprint density at radius 2 is 2.20 bits per heavy atom. The molecule has 0 radical (unpaired) electrons. The molecule has 1 aromatic carbocycles. The molecule has 0 atom stereocenters. The Morgan fingerprint density at radius 1 is 1.47 bits per heavy atom. The van der Waals surface area contributed by atoms with Gasteiger partial charge in [-0.2, -0.15) is 0 Å². The van der Waals surface area contributed by atoms with Gasteiger partial charge in [-0.25, -0.2) is 0 Å². The van der Waals surface area contributed by atoms with Crippen LogP contribution in [0.3, 0.4) is 0 Å². The lowest BCUT2D eigenvalue weighted by atomic mass is 10.2. The van der Waals surface area contributed by atoms with Crippen LogP contribution in [0.15, 0.2) is 24.3 Å². The SMILES string of the molecule is CCOCC(=O)NCc1ccccc1Cl. The van der Waals surface area contributed by atoms with Gasteiger partial charge < -0.3 is 10.1 Å². The number of rotatable bonds is 5. The predicted octanol–water partition coefficient (Wildman–Crippen LogP) is 1.99. The van der Waals surface area contributed by atoms with Gasteiger partial charge in [0.05, 0.1) is 0 Å². The van der Waals surface area contributed by atoms with Gasteiger partial charge in [-0.1, -0.05) is 29.8 Å². The molecule has 0 saturated carbocycles. The largest absolute Gasteiger partial charge is 0.372 e. The molecule has 15 heavy (non-hydrogen) atoms. The summed E-state index contributed by atoms with van der Waals surface area (Å²) in [4.78, 5) is 11.2. The maximum Gasteiger partial charge on any atom is 0.246 e. The van der Waals surface area contributed by atoms with Crippen molar-refractivity contribution in [3.05, 3.63) is 34.9 Å². The molecule has 0 spiro atoms. The molecule has 0 bridgehead atoms. The Balaban J connectivity index is 2.37. The van der Waals surface area contributed by atoms with E-state index < -0.39 is 0 Å². The van der Waals surface area contributed by atoms with Crippen LogP contribution in [-0.4, -0.2) is 19.1 Å². The third-order valence-electron chi connectivity index (χ3n) is 1.87. The van der Waals surface area contributed by atoms with Crippen LogP contribution in [0.2, 0.25) is 5.02 Å². The average molecular weight is 228 g/mol. The van der Waals surface area contributed by atoms with Crippen LogP contribution in [0.5, 0.6) is 0 Å². The van der Waals surface area contributed by atoms with Gasteiger partial charge in [0.25, 0.3) is 0 Å². The third-order valence-corrected chi connectivity index (χ3v) is 2.24. The van der Waals surface area contributed by atoms with Crippen molar-refractivity contribution in [1.29, 1.82) is 0 Å². The zero-order valence-corrected chi connectivity index (χ0v) is 9.38. The molecule has 0 aromatic heterocycles. The molecular weight excluding hydrogens is 214 g/mol. The lowest BCUT2D eigenvalue weighted by Crippen LogP contribution is -2.27. The summed E-state index contributed by atoms with van der Waals surface area (Å²) in [7, 11) is 0. The number of carbonyl (C=O) groups is 1. The minimum atomic E-state index is -0.128. The average Bonchev–Trinajstić information content (AvgIpc) is 2.25. The number of benzene rings is 1. The van der Waals surface area contributed by atoms with E-state index in [2.05, 4.69) is 5.32 Å². The minimum Gasteiger partial charge on any atom is -0.372 e. The molecule has 0 aliphatic heterocycles. The van der Waals surface area contributed by atoms with E-state index >= 15 is 0 Å². The molecule has 1 aromatic rings. The fourth-order valence-corrected chi connectivity index (χ4v) is 1.28. The highest BCUT2D eigenvalue weighted by molar-refractivity contribution is 6.31. The summed E-state index contributed by atoms with van der Waals surface area (Å²) in [6.07, 6.45) is 0. The number of carbonyl (C=O) groups excluding carboxylic acids is 1. The zero-order valence-electron chi connectivity index (χ0n) is 8.63. The molecule has 3 nitrogen and oxygen atoms in total. The second-order valence-electron chi connectivity index (χ2n) is 3.01. The molecule has 0 fully saturated rings. The third kappa shape index (κ3) is 4.32. The van der Waals surface area contributed by atoms with Gasteiger partial charge in [-0.05, 0) is 18.6 Å². The molecule has 1 rings (SSSR count). The normalized spacial score (nSPS) is 10.0. The summed E-state index contributed by atoms with van der Waals surface area (Å²) in [5, 5.41) is 3.39. The van der Waals surface area contributed by atoms with Crippen LogP contribution >= 0.6 is 11.6 Å². The summed E-state index contributed by atoms with van der Waals surface area (Å²) in [5.74, 6) is -0.128. The second kappa shape index (κ2) is 6.43. The van der Waals surface area contributed by atoms with Gasteiger partial charge >= 0.3 is 0 Å². The Morgan fingerprint density at radius 3 is 2.87 bits per heavy atom. The molecule has 0 heterocycles. The quantitative estimate of drug-likeness (QED) is 0.836. The van der Waals surface area contributed by atoms with Crippen molar-refractivity contribution in [1.82, 2.24) is 5.32 Å². The Labute approximate surface area is 94.4 Å². The number of nitrogens with one attached hydrogen (secondary N) is 1. The Kier molecular flexibility index (Phi) is 5.15. The molecule has 1 N–H and O–H groups in total. The molecule has 4 heteroatoms. The first-order valence-electron chi connectivity index (χ1n) is 4.82. The van der Waals surface area contributed by atoms with Crippen molar-refractivity contribution in [2.75, 3.05) is 13.2 Å². The van der Waals surface area contributed by atoms with E-state index in [-0.39, 0.29) is 12.5 Å². The highest BCUT2D eigenvalue weighted by atomic mass is 35.5. The fraction of sp³-hybridized carbons (Fsp3) is 0.364. The number of hydrogen-bond acceptors (Lipinski definition) is 2. The van der Waals surface area contributed by atoms with Gasteiger partial charge in [0.2, 0.25) is 5.91 Å². The maximum absolute atomic E-state index is 11.2. The van der Waals surface area contributed by atoms with E-state index in [9.17, 15) is 4.79 Å². The number of ether oxygens (including phenoxy) is 1. The lowest BCUT2D eigenvalue weighted by molar-refractivity contribution is -0.125. The van der Waals surface area contributed by atoms with Crippen molar-refractivity contribution < 1.29 is 9.53 Å². The number of hydrogen-bond donors (Lipinski definition) is 1. The second-order valence-corrected chi connectivity index (χ2v) is 3.41. The molecule has 0 saturated heterocycles. The monoisotopic (exact) mass is 227 g/mol.